The second-order valence-electron chi connectivity index (χ2n) is 4.01. The molecule has 0 aliphatic heterocycles. The third-order valence-corrected chi connectivity index (χ3v) is 2.88. The largest absolute Gasteiger partial charge is 0.480 e. The van der Waals surface area contributed by atoms with Gasteiger partial charge < -0.3 is 5.11 Å². The van der Waals surface area contributed by atoms with E-state index in [-0.39, 0.29) is 5.56 Å². The van der Waals surface area contributed by atoms with Crippen molar-refractivity contribution in [2.45, 2.75) is 13.5 Å². The highest BCUT2D eigenvalue weighted by atomic mass is 35.5. The molecule has 0 saturated heterocycles. The SMILES string of the molecule is Cc1nc(-c2ccc(Cl)cc2)cc(=O)n1CC(=O)O. The maximum Gasteiger partial charge on any atom is 0.323 e. The molecule has 0 radical (unpaired) electrons. The van der Waals surface area contributed by atoms with Crippen LogP contribution in [0.1, 0.15) is 5.82 Å². The summed E-state index contributed by atoms with van der Waals surface area (Å²) in [5, 5.41) is 9.33. The minimum Gasteiger partial charge on any atom is -0.480 e. The van der Waals surface area contributed by atoms with Crippen molar-refractivity contribution in [1.82, 2.24) is 9.55 Å². The van der Waals surface area contributed by atoms with Gasteiger partial charge in [-0.3, -0.25) is 14.2 Å². The van der Waals surface area contributed by atoms with Crippen LogP contribution in [0.4, 0.5) is 0 Å². The Hall–Kier alpha value is -2.14. The van der Waals surface area contributed by atoms with E-state index in [1.165, 1.54) is 6.07 Å². The van der Waals surface area contributed by atoms with Crippen LogP contribution in [0.3, 0.4) is 0 Å². The van der Waals surface area contributed by atoms with Crippen molar-refractivity contribution in [3.63, 3.8) is 0 Å². The molecule has 0 aliphatic carbocycles. The molecule has 0 spiro atoms. The Balaban J connectivity index is 2.48. The van der Waals surface area contributed by atoms with Gasteiger partial charge in [0.05, 0.1) is 5.69 Å². The van der Waals surface area contributed by atoms with Crippen LogP contribution in [-0.4, -0.2) is 20.6 Å². The molecule has 0 atom stereocenters. The van der Waals surface area contributed by atoms with Gasteiger partial charge in [-0.25, -0.2) is 4.98 Å². The normalized spacial score (nSPS) is 10.4. The number of aliphatic carboxylic acids is 1. The predicted molar refractivity (Wildman–Crippen MR) is 71.3 cm³/mol. The second kappa shape index (κ2) is 5.24. The van der Waals surface area contributed by atoms with Crippen LogP contribution < -0.4 is 5.56 Å². The van der Waals surface area contributed by atoms with Gasteiger partial charge in [0.25, 0.3) is 5.56 Å². The average molecular weight is 279 g/mol. The quantitative estimate of drug-likeness (QED) is 0.931. The van der Waals surface area contributed by atoms with Crippen LogP contribution >= 0.6 is 11.6 Å². The summed E-state index contributed by atoms with van der Waals surface area (Å²) in [7, 11) is 0. The highest BCUT2D eigenvalue weighted by Crippen LogP contribution is 2.18. The Morgan fingerprint density at radius 2 is 2.00 bits per heavy atom. The van der Waals surface area contributed by atoms with Crippen LogP contribution in [0, 0.1) is 6.92 Å². The lowest BCUT2D eigenvalue weighted by Gasteiger charge is -2.08. The zero-order chi connectivity index (χ0) is 14.0. The first kappa shape index (κ1) is 13.3. The van der Waals surface area contributed by atoms with Crippen LogP contribution in [-0.2, 0) is 11.3 Å². The third-order valence-electron chi connectivity index (χ3n) is 2.63. The van der Waals surface area contributed by atoms with Crippen LogP contribution in [0.5, 0.6) is 0 Å². The summed E-state index contributed by atoms with van der Waals surface area (Å²) >= 11 is 5.79. The molecular formula is C13H11ClN2O3. The summed E-state index contributed by atoms with van der Waals surface area (Å²) in [6, 6.07) is 8.24. The minimum absolute atomic E-state index is 0.361. The minimum atomic E-state index is -1.08. The molecule has 1 aromatic carbocycles. The van der Waals surface area contributed by atoms with E-state index in [0.717, 1.165) is 10.1 Å². The first-order chi connectivity index (χ1) is 8.97. The van der Waals surface area contributed by atoms with Gasteiger partial charge >= 0.3 is 5.97 Å². The van der Waals surface area contributed by atoms with E-state index in [9.17, 15) is 9.59 Å². The molecule has 1 heterocycles. The van der Waals surface area contributed by atoms with Crippen molar-refractivity contribution in [1.29, 1.82) is 0 Å². The monoisotopic (exact) mass is 278 g/mol. The van der Waals surface area contributed by atoms with Crippen LogP contribution in [0.15, 0.2) is 35.1 Å². The fraction of sp³-hybridized carbons (Fsp3) is 0.154. The van der Waals surface area contributed by atoms with Crippen molar-refractivity contribution >= 4 is 17.6 Å². The van der Waals surface area contributed by atoms with E-state index in [4.69, 9.17) is 16.7 Å². The molecule has 1 aromatic heterocycles. The molecular weight excluding hydrogens is 268 g/mol. The van der Waals surface area contributed by atoms with Gasteiger partial charge in [-0.2, -0.15) is 0 Å². The molecule has 5 nitrogen and oxygen atoms in total. The molecule has 0 unspecified atom stereocenters. The second-order valence-corrected chi connectivity index (χ2v) is 4.45. The van der Waals surface area contributed by atoms with Crippen molar-refractivity contribution in [2.24, 2.45) is 0 Å². The van der Waals surface area contributed by atoms with Gasteiger partial charge in [0.2, 0.25) is 0 Å². The van der Waals surface area contributed by atoms with Gasteiger partial charge in [-0.1, -0.05) is 23.7 Å². The maximum atomic E-state index is 11.9. The van der Waals surface area contributed by atoms with Crippen LogP contribution in [0.25, 0.3) is 11.3 Å². The number of hydrogen-bond donors (Lipinski definition) is 1. The van der Waals surface area contributed by atoms with Crippen molar-refractivity contribution in [3.05, 3.63) is 51.5 Å². The number of rotatable bonds is 3. The molecule has 1 N–H and O–H groups in total. The summed E-state index contributed by atoms with van der Waals surface area (Å²) in [6.07, 6.45) is 0. The standard InChI is InChI=1S/C13H11ClN2O3/c1-8-15-11(9-2-4-10(14)5-3-9)6-12(17)16(8)7-13(18)19/h2-6H,7H2,1H3,(H,18,19). The lowest BCUT2D eigenvalue weighted by molar-refractivity contribution is -0.137. The van der Waals surface area contributed by atoms with E-state index in [0.29, 0.717) is 16.5 Å². The Morgan fingerprint density at radius 1 is 1.37 bits per heavy atom. The maximum absolute atomic E-state index is 11.9. The zero-order valence-electron chi connectivity index (χ0n) is 10.1. The third kappa shape index (κ3) is 3.00. The first-order valence-corrected chi connectivity index (χ1v) is 5.91. The van der Waals surface area contributed by atoms with E-state index >= 15 is 0 Å². The molecule has 0 amide bonds. The highest BCUT2D eigenvalue weighted by molar-refractivity contribution is 6.30. The van der Waals surface area contributed by atoms with E-state index in [2.05, 4.69) is 4.98 Å². The fourth-order valence-electron chi connectivity index (χ4n) is 1.72. The number of hydrogen-bond acceptors (Lipinski definition) is 3. The molecule has 0 fully saturated rings. The lowest BCUT2D eigenvalue weighted by Crippen LogP contribution is -2.26. The van der Waals surface area contributed by atoms with Gasteiger partial charge in [-0.05, 0) is 19.1 Å². The highest BCUT2D eigenvalue weighted by Gasteiger charge is 2.09. The van der Waals surface area contributed by atoms with Crippen molar-refractivity contribution in [2.75, 3.05) is 0 Å². The average Bonchev–Trinajstić information content (AvgIpc) is 2.34. The number of carboxylic acid groups (broad SMARTS) is 1. The Kier molecular flexibility index (Phi) is 3.66. The molecule has 2 rings (SSSR count). The summed E-state index contributed by atoms with van der Waals surface area (Å²) in [5.74, 6) is -0.717. The van der Waals surface area contributed by atoms with Gasteiger partial charge in [0.1, 0.15) is 12.4 Å². The number of nitrogens with zero attached hydrogens (tertiary/aromatic N) is 2. The number of aryl methyl sites for hydroxylation is 1. The van der Waals surface area contributed by atoms with Gasteiger partial charge in [0.15, 0.2) is 0 Å². The van der Waals surface area contributed by atoms with Crippen LogP contribution in [0.2, 0.25) is 5.02 Å². The molecule has 2 aromatic rings. The summed E-state index contributed by atoms with van der Waals surface area (Å²) in [6.45, 7) is 1.21. The Bertz CT molecular complexity index is 677. The molecule has 0 saturated carbocycles. The van der Waals surface area contributed by atoms with E-state index < -0.39 is 12.5 Å². The molecule has 0 bridgehead atoms. The zero-order valence-corrected chi connectivity index (χ0v) is 10.9. The first-order valence-electron chi connectivity index (χ1n) is 5.53. The number of benzene rings is 1. The number of halogens is 1. The van der Waals surface area contributed by atoms with Crippen molar-refractivity contribution in [3.8, 4) is 11.3 Å². The van der Waals surface area contributed by atoms with E-state index in [1.54, 1.807) is 31.2 Å². The van der Waals surface area contributed by atoms with Gasteiger partial charge in [-0.15, -0.1) is 0 Å². The summed E-state index contributed by atoms with van der Waals surface area (Å²) < 4.78 is 1.11. The smallest absolute Gasteiger partial charge is 0.323 e. The number of carbonyl (C=O) groups is 1. The molecule has 6 heteroatoms. The fourth-order valence-corrected chi connectivity index (χ4v) is 1.84. The predicted octanol–water partition coefficient (Wildman–Crippen LogP) is 1.96. The lowest BCUT2D eigenvalue weighted by atomic mass is 10.1. The van der Waals surface area contributed by atoms with E-state index in [1.807, 2.05) is 0 Å². The Morgan fingerprint density at radius 3 is 2.53 bits per heavy atom. The molecule has 19 heavy (non-hydrogen) atoms. The van der Waals surface area contributed by atoms with Gasteiger partial charge in [0, 0.05) is 16.7 Å². The van der Waals surface area contributed by atoms with Crippen molar-refractivity contribution < 1.29 is 9.90 Å². The topological polar surface area (TPSA) is 72.2 Å². The summed E-state index contributed by atoms with van der Waals surface area (Å²) in [4.78, 5) is 26.8. The molecule has 98 valence electrons. The number of carboxylic acids is 1. The number of aromatic nitrogens is 2. The Labute approximate surface area is 114 Å². The summed E-state index contributed by atoms with van der Waals surface area (Å²) in [5.41, 5.74) is 0.868. The molecule has 0 aliphatic rings.